The van der Waals surface area contributed by atoms with Gasteiger partial charge in [0.25, 0.3) is 11.8 Å². The summed E-state index contributed by atoms with van der Waals surface area (Å²) in [4.78, 5) is 57.1. The van der Waals surface area contributed by atoms with Gasteiger partial charge in [-0.2, -0.15) is 5.06 Å². The Labute approximate surface area is 258 Å². The van der Waals surface area contributed by atoms with Gasteiger partial charge in [-0.1, -0.05) is 83.9 Å². The zero-order valence-electron chi connectivity index (χ0n) is 23.6. The Kier molecular flexibility index (Phi) is 6.60. The van der Waals surface area contributed by atoms with Gasteiger partial charge in [-0.05, 0) is 54.5 Å². The first-order valence-corrected chi connectivity index (χ1v) is 15.0. The fourth-order valence-electron chi connectivity index (χ4n) is 8.24. The Morgan fingerprint density at radius 2 is 1.68 bits per heavy atom. The van der Waals surface area contributed by atoms with Crippen molar-refractivity contribution in [3.05, 3.63) is 119 Å². The highest BCUT2D eigenvalue weighted by Gasteiger charge is 2.70. The standard InChI is InChI=1S/C35H29ClN2O6/c1-2-8-19-9-6-14-25(30(19)39)29-23-15-16-24-28(33(42)38(44)31(24)40)26(23)18-27-32(41)37(22-13-7-12-21(36)17-22)34(43)35(27,29)20-10-4-3-5-11-20/h2-7,9-15,17,24,26-29,39,44H,1,8,16,18H2. The number of carbonyl (C=O) groups excluding carboxylic acids is 4. The van der Waals surface area contributed by atoms with Crippen LogP contribution in [0.4, 0.5) is 5.69 Å². The first kappa shape index (κ1) is 28.3. The lowest BCUT2D eigenvalue weighted by Crippen LogP contribution is -2.53. The summed E-state index contributed by atoms with van der Waals surface area (Å²) in [6.07, 6.45) is 4.19. The van der Waals surface area contributed by atoms with Gasteiger partial charge in [0.2, 0.25) is 11.8 Å². The number of benzene rings is 3. The van der Waals surface area contributed by atoms with E-state index in [1.54, 1.807) is 48.5 Å². The smallest absolute Gasteiger partial charge is 0.257 e. The molecule has 3 aromatic carbocycles. The van der Waals surface area contributed by atoms with E-state index < -0.39 is 58.6 Å². The van der Waals surface area contributed by atoms with E-state index in [1.807, 2.05) is 36.4 Å². The van der Waals surface area contributed by atoms with Crippen LogP contribution in [0.2, 0.25) is 5.02 Å². The number of allylic oxidation sites excluding steroid dienone is 3. The van der Waals surface area contributed by atoms with Gasteiger partial charge in [0.05, 0.1) is 28.9 Å². The molecule has 8 nitrogen and oxygen atoms in total. The molecule has 3 aromatic rings. The fourth-order valence-corrected chi connectivity index (χ4v) is 8.42. The van der Waals surface area contributed by atoms with Crippen LogP contribution in [0.25, 0.3) is 0 Å². The first-order chi connectivity index (χ1) is 21.2. The molecule has 2 saturated heterocycles. The number of amides is 4. The van der Waals surface area contributed by atoms with Gasteiger partial charge in [0, 0.05) is 16.5 Å². The largest absolute Gasteiger partial charge is 0.507 e. The highest BCUT2D eigenvalue weighted by molar-refractivity contribution is 6.32. The summed E-state index contributed by atoms with van der Waals surface area (Å²) in [5.74, 6) is -6.44. The quantitative estimate of drug-likeness (QED) is 0.230. The van der Waals surface area contributed by atoms with E-state index >= 15 is 4.79 Å². The molecular formula is C35H29ClN2O6. The molecule has 0 bridgehead atoms. The number of anilines is 1. The van der Waals surface area contributed by atoms with Gasteiger partial charge >= 0.3 is 0 Å². The topological polar surface area (TPSA) is 115 Å². The lowest BCUT2D eigenvalue weighted by Gasteiger charge is -2.50. The zero-order valence-corrected chi connectivity index (χ0v) is 24.4. The molecule has 3 fully saturated rings. The molecule has 6 unspecified atom stereocenters. The van der Waals surface area contributed by atoms with Gasteiger partial charge in [0.1, 0.15) is 5.75 Å². The molecule has 0 radical (unpaired) electrons. The number of halogens is 1. The SMILES string of the molecule is C=CCc1cccc(C2C3=CCC4C(=O)N(O)C(=O)C4C3CC3C(=O)N(c4cccc(Cl)c4)C(=O)C32c2ccccc2)c1O. The molecule has 2 aliphatic carbocycles. The summed E-state index contributed by atoms with van der Waals surface area (Å²) in [6.45, 7) is 3.81. The number of phenolic OH excluding ortho intramolecular Hbond substituents is 1. The average molecular weight is 609 g/mol. The second-order valence-corrected chi connectivity index (χ2v) is 12.4. The number of carbonyl (C=O) groups is 4. The Balaban J connectivity index is 1.54. The van der Waals surface area contributed by atoms with Crippen molar-refractivity contribution in [2.24, 2.45) is 23.7 Å². The lowest BCUT2D eigenvalue weighted by atomic mass is 9.49. The summed E-state index contributed by atoms with van der Waals surface area (Å²) >= 11 is 6.32. The van der Waals surface area contributed by atoms with Crippen LogP contribution < -0.4 is 4.90 Å². The Morgan fingerprint density at radius 3 is 2.41 bits per heavy atom. The predicted molar refractivity (Wildman–Crippen MR) is 162 cm³/mol. The second-order valence-electron chi connectivity index (χ2n) is 11.9. The number of hydroxylamine groups is 2. The van der Waals surface area contributed by atoms with Crippen molar-refractivity contribution >= 4 is 40.9 Å². The van der Waals surface area contributed by atoms with Crippen molar-refractivity contribution in [2.75, 3.05) is 4.90 Å². The van der Waals surface area contributed by atoms with Crippen LogP contribution in [-0.4, -0.2) is 39.0 Å². The van der Waals surface area contributed by atoms with Gasteiger partial charge in [-0.25, -0.2) is 4.90 Å². The average Bonchev–Trinajstić information content (AvgIpc) is 3.39. The number of imide groups is 2. The van der Waals surface area contributed by atoms with Crippen molar-refractivity contribution in [3.63, 3.8) is 0 Å². The highest BCUT2D eigenvalue weighted by atomic mass is 35.5. The normalized spacial score (nSPS) is 29.3. The highest BCUT2D eigenvalue weighted by Crippen LogP contribution is 2.65. The number of phenols is 1. The van der Waals surface area contributed by atoms with Crippen molar-refractivity contribution in [2.45, 2.75) is 30.6 Å². The molecule has 1 saturated carbocycles. The van der Waals surface area contributed by atoms with Gasteiger partial charge in [0.15, 0.2) is 0 Å². The second kappa shape index (κ2) is 10.3. The summed E-state index contributed by atoms with van der Waals surface area (Å²) in [6, 6.07) is 21.0. The third kappa shape index (κ3) is 3.74. The summed E-state index contributed by atoms with van der Waals surface area (Å²) in [7, 11) is 0. The maximum Gasteiger partial charge on any atom is 0.257 e. The maximum atomic E-state index is 15.1. The minimum atomic E-state index is -1.50. The predicted octanol–water partition coefficient (Wildman–Crippen LogP) is 5.33. The third-order valence-electron chi connectivity index (χ3n) is 9.97. The third-order valence-corrected chi connectivity index (χ3v) is 10.2. The molecule has 0 aromatic heterocycles. The van der Waals surface area contributed by atoms with E-state index in [0.717, 1.165) is 0 Å². The zero-order chi connectivity index (χ0) is 30.9. The Morgan fingerprint density at radius 1 is 0.932 bits per heavy atom. The van der Waals surface area contributed by atoms with Crippen LogP contribution in [0.5, 0.6) is 5.75 Å². The molecule has 9 heteroatoms. The molecule has 6 atom stereocenters. The fraction of sp³-hybridized carbons (Fsp3) is 0.257. The summed E-state index contributed by atoms with van der Waals surface area (Å²) < 4.78 is 0. The maximum absolute atomic E-state index is 15.1. The Hall–Kier alpha value is -4.53. The van der Waals surface area contributed by atoms with E-state index in [1.165, 1.54) is 4.90 Å². The van der Waals surface area contributed by atoms with E-state index in [-0.39, 0.29) is 23.7 Å². The van der Waals surface area contributed by atoms with Crippen molar-refractivity contribution in [1.82, 2.24) is 5.06 Å². The van der Waals surface area contributed by atoms with Crippen LogP contribution in [0.1, 0.15) is 35.4 Å². The number of hydrogen-bond donors (Lipinski definition) is 2. The van der Waals surface area contributed by atoms with Crippen LogP contribution in [0.3, 0.4) is 0 Å². The minimum Gasteiger partial charge on any atom is -0.507 e. The molecule has 4 aliphatic rings. The molecule has 222 valence electrons. The molecule has 2 aliphatic heterocycles. The molecule has 7 rings (SSSR count). The van der Waals surface area contributed by atoms with Crippen LogP contribution in [0, 0.1) is 23.7 Å². The van der Waals surface area contributed by atoms with E-state index in [2.05, 4.69) is 6.58 Å². The van der Waals surface area contributed by atoms with Gasteiger partial charge in [-0.15, -0.1) is 6.58 Å². The number of hydrogen-bond acceptors (Lipinski definition) is 6. The number of para-hydroxylation sites is 1. The van der Waals surface area contributed by atoms with Crippen molar-refractivity contribution < 1.29 is 29.5 Å². The van der Waals surface area contributed by atoms with E-state index in [9.17, 15) is 24.7 Å². The number of nitrogens with zero attached hydrogens (tertiary/aromatic N) is 2. The van der Waals surface area contributed by atoms with Crippen LogP contribution in [-0.2, 0) is 31.0 Å². The molecular weight excluding hydrogens is 580 g/mol. The minimum absolute atomic E-state index is 0.0193. The number of rotatable bonds is 5. The first-order valence-electron chi connectivity index (χ1n) is 14.6. The van der Waals surface area contributed by atoms with Gasteiger partial charge < -0.3 is 5.11 Å². The number of fused-ring (bicyclic) bond motifs is 4. The van der Waals surface area contributed by atoms with E-state index in [0.29, 0.717) is 39.4 Å². The monoisotopic (exact) mass is 608 g/mol. The van der Waals surface area contributed by atoms with Crippen LogP contribution >= 0.6 is 11.6 Å². The molecule has 44 heavy (non-hydrogen) atoms. The lowest BCUT2D eigenvalue weighted by molar-refractivity contribution is -0.173. The summed E-state index contributed by atoms with van der Waals surface area (Å²) in [5, 5.41) is 22.7. The molecule has 2 heterocycles. The number of aromatic hydroxyl groups is 1. The molecule has 4 amide bonds. The summed E-state index contributed by atoms with van der Waals surface area (Å²) in [5.41, 5.74) is 1.17. The van der Waals surface area contributed by atoms with Crippen molar-refractivity contribution in [1.29, 1.82) is 0 Å². The molecule has 2 N–H and O–H groups in total. The molecule has 0 spiro atoms. The van der Waals surface area contributed by atoms with Crippen LogP contribution in [0.15, 0.2) is 97.1 Å². The van der Waals surface area contributed by atoms with Gasteiger partial charge in [-0.3, -0.25) is 24.4 Å². The van der Waals surface area contributed by atoms with Crippen molar-refractivity contribution in [3.8, 4) is 5.75 Å². The van der Waals surface area contributed by atoms with E-state index in [4.69, 9.17) is 11.6 Å². The Bertz CT molecular complexity index is 1790.